The van der Waals surface area contributed by atoms with Gasteiger partial charge in [0.2, 0.25) is 0 Å². The van der Waals surface area contributed by atoms with E-state index in [4.69, 9.17) is 21.3 Å². The molecular weight excluding hydrogens is 286 g/mol. The highest BCUT2D eigenvalue weighted by Crippen LogP contribution is 2.40. The molecule has 0 aromatic carbocycles. The molecule has 21 heavy (non-hydrogen) atoms. The van der Waals surface area contributed by atoms with Crippen molar-refractivity contribution < 1.29 is 4.74 Å². The summed E-state index contributed by atoms with van der Waals surface area (Å²) in [6.45, 7) is 4.70. The number of pyridine rings is 1. The van der Waals surface area contributed by atoms with Gasteiger partial charge in [0.25, 0.3) is 0 Å². The maximum Gasteiger partial charge on any atom is 0.138 e. The molecular formula is C16H18ClN3O. The Morgan fingerprint density at radius 1 is 1.29 bits per heavy atom. The van der Waals surface area contributed by atoms with Crippen LogP contribution < -0.4 is 4.74 Å². The van der Waals surface area contributed by atoms with Crippen molar-refractivity contribution in [1.29, 1.82) is 0 Å². The van der Waals surface area contributed by atoms with Gasteiger partial charge in [0.1, 0.15) is 16.7 Å². The number of halogens is 1. The predicted molar refractivity (Wildman–Crippen MR) is 82.8 cm³/mol. The fraction of sp³-hybridized carbons (Fsp3) is 0.438. The van der Waals surface area contributed by atoms with Crippen LogP contribution in [0.4, 0.5) is 0 Å². The minimum atomic E-state index is 0.467. The number of hydrogen-bond donors (Lipinski definition) is 0. The molecule has 4 nitrogen and oxygen atoms in total. The zero-order chi connectivity index (χ0) is 14.8. The van der Waals surface area contributed by atoms with Gasteiger partial charge in [-0.3, -0.25) is 4.98 Å². The molecule has 0 spiro atoms. The van der Waals surface area contributed by atoms with Gasteiger partial charge < -0.3 is 4.74 Å². The number of aromatic nitrogens is 3. The first-order chi connectivity index (χ1) is 10.2. The first kappa shape index (κ1) is 14.3. The van der Waals surface area contributed by atoms with Crippen LogP contribution in [-0.4, -0.2) is 21.6 Å². The van der Waals surface area contributed by atoms with Crippen LogP contribution in [0.5, 0.6) is 5.75 Å². The Morgan fingerprint density at radius 3 is 2.81 bits per heavy atom. The summed E-state index contributed by atoms with van der Waals surface area (Å²) < 4.78 is 5.64. The van der Waals surface area contributed by atoms with Crippen LogP contribution in [0.25, 0.3) is 11.3 Å². The molecule has 0 saturated heterocycles. The Hall–Kier alpha value is -1.68. The number of rotatable bonds is 5. The molecule has 0 radical (unpaired) electrons. The second-order valence-electron chi connectivity index (χ2n) is 5.38. The van der Waals surface area contributed by atoms with Crippen LogP contribution in [0.1, 0.15) is 43.5 Å². The van der Waals surface area contributed by atoms with Crippen LogP contribution in [0.15, 0.2) is 18.5 Å². The van der Waals surface area contributed by atoms with Crippen molar-refractivity contribution in [3.05, 3.63) is 35.0 Å². The standard InChI is InChI=1S/C16H18ClN3O/c1-3-6-21-13-7-12(8-18-9-13)14-10(2)15(17)20-16(19-14)11-4-5-11/h7-9,11H,3-6H2,1-2H3. The summed E-state index contributed by atoms with van der Waals surface area (Å²) in [5.74, 6) is 2.08. The van der Waals surface area contributed by atoms with E-state index < -0.39 is 0 Å². The van der Waals surface area contributed by atoms with E-state index in [0.29, 0.717) is 17.7 Å². The quantitative estimate of drug-likeness (QED) is 0.778. The topological polar surface area (TPSA) is 47.9 Å². The fourth-order valence-corrected chi connectivity index (χ4v) is 2.33. The molecule has 1 saturated carbocycles. The van der Waals surface area contributed by atoms with Gasteiger partial charge in [-0.25, -0.2) is 9.97 Å². The van der Waals surface area contributed by atoms with Gasteiger partial charge in [-0.1, -0.05) is 18.5 Å². The maximum absolute atomic E-state index is 6.26. The molecule has 2 aromatic heterocycles. The molecule has 0 aliphatic heterocycles. The molecule has 1 fully saturated rings. The zero-order valence-corrected chi connectivity index (χ0v) is 13.0. The summed E-state index contributed by atoms with van der Waals surface area (Å²) in [4.78, 5) is 13.3. The van der Waals surface area contributed by atoms with Gasteiger partial charge in [0, 0.05) is 23.2 Å². The first-order valence-corrected chi connectivity index (χ1v) is 7.69. The van der Waals surface area contributed by atoms with E-state index in [1.807, 2.05) is 13.0 Å². The average Bonchev–Trinajstić information content (AvgIpc) is 3.33. The first-order valence-electron chi connectivity index (χ1n) is 7.31. The van der Waals surface area contributed by atoms with Gasteiger partial charge in [0.15, 0.2) is 0 Å². The molecule has 0 atom stereocenters. The third-order valence-electron chi connectivity index (χ3n) is 3.51. The lowest BCUT2D eigenvalue weighted by Crippen LogP contribution is -2.01. The molecule has 1 aliphatic rings. The molecule has 110 valence electrons. The van der Waals surface area contributed by atoms with Gasteiger partial charge >= 0.3 is 0 Å². The van der Waals surface area contributed by atoms with Crippen LogP contribution in [0.3, 0.4) is 0 Å². The van der Waals surface area contributed by atoms with E-state index in [2.05, 4.69) is 16.9 Å². The lowest BCUT2D eigenvalue weighted by molar-refractivity contribution is 0.316. The fourth-order valence-electron chi connectivity index (χ4n) is 2.16. The minimum Gasteiger partial charge on any atom is -0.492 e. The van der Waals surface area contributed by atoms with Crippen molar-refractivity contribution in [3.63, 3.8) is 0 Å². The van der Waals surface area contributed by atoms with Gasteiger partial charge in [-0.05, 0) is 32.3 Å². The van der Waals surface area contributed by atoms with E-state index in [9.17, 15) is 0 Å². The van der Waals surface area contributed by atoms with Crippen LogP contribution in [-0.2, 0) is 0 Å². The van der Waals surface area contributed by atoms with Gasteiger partial charge in [-0.15, -0.1) is 0 Å². The molecule has 3 rings (SSSR count). The molecule has 2 aromatic rings. The average molecular weight is 304 g/mol. The second kappa shape index (κ2) is 5.98. The van der Waals surface area contributed by atoms with E-state index in [1.165, 1.54) is 0 Å². The Kier molecular flexibility index (Phi) is 4.06. The molecule has 5 heteroatoms. The number of nitrogens with zero attached hydrogens (tertiary/aromatic N) is 3. The lowest BCUT2D eigenvalue weighted by atomic mass is 10.1. The number of hydrogen-bond acceptors (Lipinski definition) is 4. The minimum absolute atomic E-state index is 0.467. The Bertz CT molecular complexity index is 656. The van der Waals surface area contributed by atoms with Crippen molar-refractivity contribution in [1.82, 2.24) is 15.0 Å². The van der Waals surface area contributed by atoms with Gasteiger partial charge in [-0.2, -0.15) is 0 Å². The summed E-state index contributed by atoms with van der Waals surface area (Å²) in [5, 5.41) is 0.529. The monoisotopic (exact) mass is 303 g/mol. The lowest BCUT2D eigenvalue weighted by Gasteiger charge is -2.10. The smallest absolute Gasteiger partial charge is 0.138 e. The summed E-state index contributed by atoms with van der Waals surface area (Å²) >= 11 is 6.26. The highest BCUT2D eigenvalue weighted by atomic mass is 35.5. The molecule has 1 aliphatic carbocycles. The van der Waals surface area contributed by atoms with Crippen LogP contribution >= 0.6 is 11.6 Å². The molecule has 0 N–H and O–H groups in total. The van der Waals surface area contributed by atoms with Crippen molar-refractivity contribution in [3.8, 4) is 17.0 Å². The van der Waals surface area contributed by atoms with Gasteiger partial charge in [0.05, 0.1) is 18.5 Å². The van der Waals surface area contributed by atoms with Crippen molar-refractivity contribution >= 4 is 11.6 Å². The van der Waals surface area contributed by atoms with E-state index in [0.717, 1.165) is 47.7 Å². The summed E-state index contributed by atoms with van der Waals surface area (Å²) in [6, 6.07) is 1.96. The SMILES string of the molecule is CCCOc1cncc(-c2nc(C3CC3)nc(Cl)c2C)c1. The summed E-state index contributed by atoms with van der Waals surface area (Å²) in [5.41, 5.74) is 2.66. The Labute approximate surface area is 129 Å². The second-order valence-corrected chi connectivity index (χ2v) is 5.74. The van der Waals surface area contributed by atoms with E-state index in [1.54, 1.807) is 12.4 Å². The molecule has 2 heterocycles. The highest BCUT2D eigenvalue weighted by Gasteiger charge is 2.28. The predicted octanol–water partition coefficient (Wildman–Crippen LogP) is 4.17. The number of ether oxygens (including phenoxy) is 1. The van der Waals surface area contributed by atoms with Crippen molar-refractivity contribution in [2.24, 2.45) is 0 Å². The third-order valence-corrected chi connectivity index (χ3v) is 3.87. The Morgan fingerprint density at radius 2 is 2.10 bits per heavy atom. The molecule has 0 bridgehead atoms. The molecule has 0 unspecified atom stereocenters. The van der Waals surface area contributed by atoms with Crippen molar-refractivity contribution in [2.75, 3.05) is 6.61 Å². The zero-order valence-electron chi connectivity index (χ0n) is 12.3. The highest BCUT2D eigenvalue weighted by molar-refractivity contribution is 6.30. The van der Waals surface area contributed by atoms with Crippen LogP contribution in [0, 0.1) is 6.92 Å². The van der Waals surface area contributed by atoms with E-state index >= 15 is 0 Å². The largest absolute Gasteiger partial charge is 0.492 e. The third kappa shape index (κ3) is 3.16. The summed E-state index contributed by atoms with van der Waals surface area (Å²) in [7, 11) is 0. The van der Waals surface area contributed by atoms with E-state index in [-0.39, 0.29) is 0 Å². The Balaban J connectivity index is 1.99. The normalized spacial score (nSPS) is 14.2. The summed E-state index contributed by atoms with van der Waals surface area (Å²) in [6.07, 6.45) is 6.78. The molecule has 0 amide bonds. The van der Waals surface area contributed by atoms with Crippen LogP contribution in [0.2, 0.25) is 5.15 Å². The maximum atomic E-state index is 6.26. The van der Waals surface area contributed by atoms with Crippen molar-refractivity contribution in [2.45, 2.75) is 39.0 Å².